The molecular formula is C21H29N3O2S. The van der Waals surface area contributed by atoms with Gasteiger partial charge in [-0.1, -0.05) is 43.3 Å². The van der Waals surface area contributed by atoms with Crippen LogP contribution in [0.1, 0.15) is 37.6 Å². The fraction of sp³-hybridized carbons (Fsp3) is 0.429. The van der Waals surface area contributed by atoms with Crippen LogP contribution in [0.4, 0.5) is 4.79 Å². The van der Waals surface area contributed by atoms with Crippen molar-refractivity contribution in [2.24, 2.45) is 0 Å². The summed E-state index contributed by atoms with van der Waals surface area (Å²) in [6.07, 6.45) is 0.800. The molecule has 6 heteroatoms. The second-order valence-corrected chi connectivity index (χ2v) is 7.57. The number of thiophene rings is 1. The summed E-state index contributed by atoms with van der Waals surface area (Å²) in [6, 6.07) is 13.8. The maximum absolute atomic E-state index is 13.1. The second-order valence-electron chi connectivity index (χ2n) is 6.54. The van der Waals surface area contributed by atoms with Gasteiger partial charge in [0.1, 0.15) is 6.54 Å². The Kier molecular flexibility index (Phi) is 8.33. The molecule has 2 aromatic rings. The zero-order chi connectivity index (χ0) is 19.6. The van der Waals surface area contributed by atoms with Gasteiger partial charge in [-0.2, -0.15) is 0 Å². The number of urea groups is 1. The third kappa shape index (κ3) is 6.40. The molecule has 0 aliphatic heterocycles. The summed E-state index contributed by atoms with van der Waals surface area (Å²) >= 11 is 1.64. The van der Waals surface area contributed by atoms with Gasteiger partial charge in [0, 0.05) is 24.0 Å². The molecule has 0 saturated heterocycles. The molecule has 1 aromatic heterocycles. The first kappa shape index (κ1) is 21.0. The van der Waals surface area contributed by atoms with E-state index >= 15 is 0 Å². The molecule has 0 radical (unpaired) electrons. The number of benzene rings is 1. The molecule has 0 bridgehead atoms. The Morgan fingerprint density at radius 2 is 1.81 bits per heavy atom. The molecule has 1 heterocycles. The molecule has 2 rings (SSSR count). The van der Waals surface area contributed by atoms with Crippen LogP contribution in [0.2, 0.25) is 0 Å². The number of amides is 3. The summed E-state index contributed by atoms with van der Waals surface area (Å²) in [7, 11) is 0. The Bertz CT molecular complexity index is 703. The Balaban J connectivity index is 2.16. The Morgan fingerprint density at radius 1 is 1.07 bits per heavy atom. The van der Waals surface area contributed by atoms with Crippen LogP contribution in [0.15, 0.2) is 47.8 Å². The van der Waals surface area contributed by atoms with Gasteiger partial charge in [-0.05, 0) is 37.3 Å². The fourth-order valence-corrected chi connectivity index (χ4v) is 3.49. The summed E-state index contributed by atoms with van der Waals surface area (Å²) in [5.74, 6) is -0.0428. The lowest BCUT2D eigenvalue weighted by Crippen LogP contribution is -2.50. The van der Waals surface area contributed by atoms with E-state index in [-0.39, 0.29) is 24.5 Å². The van der Waals surface area contributed by atoms with E-state index in [1.54, 1.807) is 16.2 Å². The fourth-order valence-electron chi connectivity index (χ4n) is 2.77. The normalized spacial score (nSPS) is 11.7. The Morgan fingerprint density at radius 3 is 2.41 bits per heavy atom. The number of hydrogen-bond donors (Lipinski definition) is 1. The van der Waals surface area contributed by atoms with Crippen LogP contribution in [0.5, 0.6) is 0 Å². The highest BCUT2D eigenvalue weighted by atomic mass is 32.1. The first-order chi connectivity index (χ1) is 13.0. The molecule has 5 nitrogen and oxygen atoms in total. The molecule has 0 spiro atoms. The van der Waals surface area contributed by atoms with Crippen molar-refractivity contribution in [3.8, 4) is 0 Å². The van der Waals surface area contributed by atoms with Gasteiger partial charge < -0.3 is 15.1 Å². The molecular weight excluding hydrogens is 358 g/mol. The lowest BCUT2D eigenvalue weighted by molar-refractivity contribution is -0.133. The molecule has 0 aliphatic rings. The van der Waals surface area contributed by atoms with Crippen molar-refractivity contribution in [2.45, 2.75) is 46.3 Å². The molecule has 1 aromatic carbocycles. The van der Waals surface area contributed by atoms with E-state index in [0.29, 0.717) is 19.6 Å². The zero-order valence-corrected chi connectivity index (χ0v) is 17.2. The first-order valence-corrected chi connectivity index (χ1v) is 10.3. The summed E-state index contributed by atoms with van der Waals surface area (Å²) < 4.78 is 0. The monoisotopic (exact) mass is 387 g/mol. The largest absolute Gasteiger partial charge is 0.338 e. The average molecular weight is 388 g/mol. The van der Waals surface area contributed by atoms with Crippen LogP contribution in [0, 0.1) is 0 Å². The van der Waals surface area contributed by atoms with E-state index in [0.717, 1.165) is 16.9 Å². The van der Waals surface area contributed by atoms with Gasteiger partial charge in [-0.3, -0.25) is 4.79 Å². The molecule has 1 N–H and O–H groups in total. The topological polar surface area (TPSA) is 52.7 Å². The SMILES string of the molecule is CCNC(=O)N(CC(=O)N(Cc1ccccc1)Cc1cccs1)[C@@H](C)CC. The Hall–Kier alpha value is -2.34. The minimum absolute atomic E-state index is 0.000753. The summed E-state index contributed by atoms with van der Waals surface area (Å²) in [4.78, 5) is 30.1. The highest BCUT2D eigenvalue weighted by Crippen LogP contribution is 2.16. The van der Waals surface area contributed by atoms with Crippen LogP contribution in [0.3, 0.4) is 0 Å². The minimum atomic E-state index is -0.184. The van der Waals surface area contributed by atoms with E-state index in [1.165, 1.54) is 0 Å². The Labute approximate surface area is 166 Å². The smallest absolute Gasteiger partial charge is 0.318 e. The zero-order valence-electron chi connectivity index (χ0n) is 16.4. The molecule has 0 unspecified atom stereocenters. The predicted octanol–water partition coefficient (Wildman–Crippen LogP) is 4.11. The van der Waals surface area contributed by atoms with Crippen LogP contribution < -0.4 is 5.32 Å². The van der Waals surface area contributed by atoms with Crippen LogP contribution in [-0.4, -0.2) is 40.9 Å². The molecule has 0 fully saturated rings. The van der Waals surface area contributed by atoms with E-state index in [4.69, 9.17) is 0 Å². The summed E-state index contributed by atoms with van der Waals surface area (Å²) in [5, 5.41) is 4.83. The van der Waals surface area contributed by atoms with E-state index < -0.39 is 0 Å². The van der Waals surface area contributed by atoms with Gasteiger partial charge in [0.05, 0.1) is 6.54 Å². The van der Waals surface area contributed by atoms with Crippen molar-refractivity contribution in [1.29, 1.82) is 0 Å². The van der Waals surface area contributed by atoms with Gasteiger partial charge in [-0.25, -0.2) is 4.79 Å². The maximum Gasteiger partial charge on any atom is 0.318 e. The number of hydrogen-bond acceptors (Lipinski definition) is 3. The lowest BCUT2D eigenvalue weighted by atomic mass is 10.2. The lowest BCUT2D eigenvalue weighted by Gasteiger charge is -2.31. The number of carbonyl (C=O) groups is 2. The van der Waals surface area contributed by atoms with Gasteiger partial charge in [0.25, 0.3) is 0 Å². The van der Waals surface area contributed by atoms with Crippen LogP contribution in [-0.2, 0) is 17.9 Å². The highest BCUT2D eigenvalue weighted by molar-refractivity contribution is 7.09. The quantitative estimate of drug-likeness (QED) is 0.704. The third-order valence-electron chi connectivity index (χ3n) is 4.51. The summed E-state index contributed by atoms with van der Waals surface area (Å²) in [6.45, 7) is 7.59. The van der Waals surface area contributed by atoms with Gasteiger partial charge in [0.2, 0.25) is 5.91 Å². The first-order valence-electron chi connectivity index (χ1n) is 9.43. The standard InChI is InChI=1S/C21H29N3O2S/c1-4-17(3)24(21(26)22-5-2)16-20(25)23(15-19-12-9-13-27-19)14-18-10-7-6-8-11-18/h6-13,17H,4-5,14-16H2,1-3H3,(H,22,26)/t17-/m0/s1. The van der Waals surface area contributed by atoms with Crippen molar-refractivity contribution >= 4 is 23.3 Å². The van der Waals surface area contributed by atoms with Crippen LogP contribution >= 0.6 is 11.3 Å². The highest BCUT2D eigenvalue weighted by Gasteiger charge is 2.24. The van der Waals surface area contributed by atoms with Crippen LogP contribution in [0.25, 0.3) is 0 Å². The molecule has 27 heavy (non-hydrogen) atoms. The van der Waals surface area contributed by atoms with E-state index in [2.05, 4.69) is 5.32 Å². The number of nitrogens with zero attached hydrogens (tertiary/aromatic N) is 2. The second kappa shape index (κ2) is 10.7. The van der Waals surface area contributed by atoms with Crippen molar-refractivity contribution in [2.75, 3.05) is 13.1 Å². The number of rotatable bonds is 9. The van der Waals surface area contributed by atoms with Crippen molar-refractivity contribution in [1.82, 2.24) is 15.1 Å². The molecule has 0 aliphatic carbocycles. The van der Waals surface area contributed by atoms with E-state index in [1.807, 2.05) is 73.5 Å². The van der Waals surface area contributed by atoms with Gasteiger partial charge in [0.15, 0.2) is 0 Å². The third-order valence-corrected chi connectivity index (χ3v) is 5.37. The van der Waals surface area contributed by atoms with E-state index in [9.17, 15) is 9.59 Å². The molecule has 146 valence electrons. The van der Waals surface area contributed by atoms with Crippen molar-refractivity contribution < 1.29 is 9.59 Å². The van der Waals surface area contributed by atoms with Gasteiger partial charge >= 0.3 is 6.03 Å². The maximum atomic E-state index is 13.1. The minimum Gasteiger partial charge on any atom is -0.338 e. The van der Waals surface area contributed by atoms with Crippen molar-refractivity contribution in [3.05, 3.63) is 58.3 Å². The molecule has 3 amide bonds. The van der Waals surface area contributed by atoms with Gasteiger partial charge in [-0.15, -0.1) is 11.3 Å². The van der Waals surface area contributed by atoms with Crippen molar-refractivity contribution in [3.63, 3.8) is 0 Å². The molecule has 0 saturated carbocycles. The number of carbonyl (C=O) groups excluding carboxylic acids is 2. The average Bonchev–Trinajstić information content (AvgIpc) is 3.19. The summed E-state index contributed by atoms with van der Waals surface area (Å²) in [5.41, 5.74) is 1.08. The predicted molar refractivity (Wildman–Crippen MR) is 111 cm³/mol. The molecule has 1 atom stereocenters. The number of nitrogens with one attached hydrogen (secondary N) is 1.